The zero-order valence-corrected chi connectivity index (χ0v) is 12.7. The van der Waals surface area contributed by atoms with Gasteiger partial charge >= 0.3 is 0 Å². The highest BCUT2D eigenvalue weighted by Gasteiger charge is 2.31. The SMILES string of the molecule is Cc1ccoc1C(=O)NC1CCN(C(=O)CC(C)(F)F)CC1. The predicted octanol–water partition coefficient (Wildman–Crippen LogP) is 2.35. The number of nitrogens with one attached hydrogen (secondary N) is 1. The minimum atomic E-state index is -2.99. The summed E-state index contributed by atoms with van der Waals surface area (Å²) in [6.45, 7) is 3.27. The van der Waals surface area contributed by atoms with Gasteiger partial charge in [-0.1, -0.05) is 0 Å². The van der Waals surface area contributed by atoms with Gasteiger partial charge in [0.05, 0.1) is 12.7 Å². The van der Waals surface area contributed by atoms with E-state index in [1.807, 2.05) is 0 Å². The Balaban J connectivity index is 1.81. The first-order chi connectivity index (χ1) is 10.3. The summed E-state index contributed by atoms with van der Waals surface area (Å²) in [6, 6.07) is 1.63. The van der Waals surface area contributed by atoms with Gasteiger partial charge in [0, 0.05) is 24.7 Å². The van der Waals surface area contributed by atoms with Gasteiger partial charge in [-0.05, 0) is 32.8 Å². The molecule has 0 spiro atoms. The van der Waals surface area contributed by atoms with Gasteiger partial charge in [-0.15, -0.1) is 0 Å². The van der Waals surface area contributed by atoms with Gasteiger partial charge in [0.15, 0.2) is 5.76 Å². The van der Waals surface area contributed by atoms with Crippen molar-refractivity contribution in [3.05, 3.63) is 23.7 Å². The number of carbonyl (C=O) groups is 2. The number of halogens is 2. The van der Waals surface area contributed by atoms with Gasteiger partial charge in [-0.3, -0.25) is 9.59 Å². The number of hydrogen-bond donors (Lipinski definition) is 1. The van der Waals surface area contributed by atoms with Crippen LogP contribution >= 0.6 is 0 Å². The molecule has 2 amide bonds. The second-order valence-electron chi connectivity index (χ2n) is 5.81. The molecule has 1 aliphatic heterocycles. The van der Waals surface area contributed by atoms with Crippen molar-refractivity contribution in [2.45, 2.75) is 45.1 Å². The lowest BCUT2D eigenvalue weighted by molar-refractivity contribution is -0.138. The first-order valence-corrected chi connectivity index (χ1v) is 7.27. The average molecular weight is 314 g/mol. The van der Waals surface area contributed by atoms with E-state index in [9.17, 15) is 18.4 Å². The molecule has 1 aromatic heterocycles. The van der Waals surface area contributed by atoms with E-state index in [-0.39, 0.29) is 17.7 Å². The molecule has 122 valence electrons. The van der Waals surface area contributed by atoms with E-state index in [4.69, 9.17) is 4.42 Å². The monoisotopic (exact) mass is 314 g/mol. The Morgan fingerprint density at radius 3 is 2.55 bits per heavy atom. The fourth-order valence-electron chi connectivity index (χ4n) is 2.51. The molecule has 0 aliphatic carbocycles. The van der Waals surface area contributed by atoms with Crippen molar-refractivity contribution in [2.24, 2.45) is 0 Å². The number of furan rings is 1. The minimum absolute atomic E-state index is 0.0804. The molecule has 1 fully saturated rings. The molecule has 1 aliphatic rings. The van der Waals surface area contributed by atoms with Crippen molar-refractivity contribution in [1.82, 2.24) is 10.2 Å². The van der Waals surface area contributed by atoms with Gasteiger partial charge < -0.3 is 14.6 Å². The van der Waals surface area contributed by atoms with Crippen LogP contribution in [0.3, 0.4) is 0 Å². The van der Waals surface area contributed by atoms with Gasteiger partial charge in [-0.25, -0.2) is 8.78 Å². The van der Waals surface area contributed by atoms with Crippen LogP contribution in [-0.4, -0.2) is 41.8 Å². The predicted molar refractivity (Wildman–Crippen MR) is 75.8 cm³/mol. The highest BCUT2D eigenvalue weighted by molar-refractivity contribution is 5.93. The molecule has 0 atom stereocenters. The lowest BCUT2D eigenvalue weighted by atomic mass is 10.0. The number of amides is 2. The second-order valence-corrected chi connectivity index (χ2v) is 5.81. The van der Waals surface area contributed by atoms with Gasteiger partial charge in [0.25, 0.3) is 11.8 Å². The molecule has 0 bridgehead atoms. The van der Waals surface area contributed by atoms with Crippen LogP contribution in [0.1, 0.15) is 42.3 Å². The second kappa shape index (κ2) is 6.46. The number of hydrogen-bond acceptors (Lipinski definition) is 3. The summed E-state index contributed by atoms with van der Waals surface area (Å²) in [7, 11) is 0. The van der Waals surface area contributed by atoms with Crippen LogP contribution in [0.4, 0.5) is 8.78 Å². The molecular formula is C15H20F2N2O3. The van der Waals surface area contributed by atoms with E-state index in [0.717, 1.165) is 12.5 Å². The summed E-state index contributed by atoms with van der Waals surface area (Å²) < 4.78 is 30.8. The van der Waals surface area contributed by atoms with Crippen LogP contribution < -0.4 is 5.32 Å². The number of rotatable bonds is 4. The van der Waals surface area contributed by atoms with E-state index in [1.54, 1.807) is 13.0 Å². The highest BCUT2D eigenvalue weighted by Crippen LogP contribution is 2.20. The molecule has 5 nitrogen and oxygen atoms in total. The maximum Gasteiger partial charge on any atom is 0.287 e. The Hall–Kier alpha value is -1.92. The van der Waals surface area contributed by atoms with Gasteiger partial charge in [-0.2, -0.15) is 0 Å². The van der Waals surface area contributed by atoms with Crippen molar-refractivity contribution in [2.75, 3.05) is 13.1 Å². The maximum atomic E-state index is 12.9. The average Bonchev–Trinajstić information content (AvgIpc) is 2.84. The Labute approximate surface area is 127 Å². The molecule has 7 heteroatoms. The molecule has 1 N–H and O–H groups in total. The topological polar surface area (TPSA) is 62.6 Å². The fraction of sp³-hybridized carbons (Fsp3) is 0.600. The number of piperidine rings is 1. The Morgan fingerprint density at radius 1 is 1.41 bits per heavy atom. The first kappa shape index (κ1) is 16.5. The summed E-state index contributed by atoms with van der Waals surface area (Å²) in [5.41, 5.74) is 0.760. The molecule has 22 heavy (non-hydrogen) atoms. The van der Waals surface area contributed by atoms with Crippen molar-refractivity contribution < 1.29 is 22.8 Å². The smallest absolute Gasteiger partial charge is 0.287 e. The fourth-order valence-corrected chi connectivity index (χ4v) is 2.51. The van der Waals surface area contributed by atoms with E-state index in [1.165, 1.54) is 11.2 Å². The number of likely N-dealkylation sites (tertiary alicyclic amines) is 1. The van der Waals surface area contributed by atoms with E-state index < -0.39 is 18.3 Å². The summed E-state index contributed by atoms with van der Waals surface area (Å²) in [5.74, 6) is -3.53. The molecule has 1 saturated heterocycles. The molecular weight excluding hydrogens is 294 g/mol. The third-order valence-electron chi connectivity index (χ3n) is 3.71. The Morgan fingerprint density at radius 2 is 2.05 bits per heavy atom. The summed E-state index contributed by atoms with van der Waals surface area (Å²) in [5, 5.41) is 2.85. The van der Waals surface area contributed by atoms with E-state index in [0.29, 0.717) is 25.9 Å². The molecule has 0 saturated carbocycles. The van der Waals surface area contributed by atoms with Crippen LogP contribution in [0.25, 0.3) is 0 Å². The summed E-state index contributed by atoms with van der Waals surface area (Å²) in [6.07, 6.45) is 1.78. The minimum Gasteiger partial charge on any atom is -0.459 e. The molecule has 0 unspecified atom stereocenters. The van der Waals surface area contributed by atoms with Crippen molar-refractivity contribution in [3.8, 4) is 0 Å². The quantitative estimate of drug-likeness (QED) is 0.928. The van der Waals surface area contributed by atoms with Gasteiger partial charge in [0.1, 0.15) is 0 Å². The standard InChI is InChI=1S/C15H20F2N2O3/c1-10-5-8-22-13(10)14(21)18-11-3-6-19(7-4-11)12(20)9-15(2,16)17/h5,8,11H,3-4,6-7,9H2,1-2H3,(H,18,21). The number of carbonyl (C=O) groups excluding carboxylic acids is 2. The first-order valence-electron chi connectivity index (χ1n) is 7.27. The van der Waals surface area contributed by atoms with Crippen LogP contribution in [0.5, 0.6) is 0 Å². The summed E-state index contributed by atoms with van der Waals surface area (Å²) in [4.78, 5) is 25.2. The zero-order valence-electron chi connectivity index (χ0n) is 12.7. The maximum absolute atomic E-state index is 12.9. The van der Waals surface area contributed by atoms with Crippen LogP contribution in [0.2, 0.25) is 0 Å². The van der Waals surface area contributed by atoms with Crippen molar-refractivity contribution in [1.29, 1.82) is 0 Å². The lowest BCUT2D eigenvalue weighted by Gasteiger charge is -2.32. The number of alkyl halides is 2. The lowest BCUT2D eigenvalue weighted by Crippen LogP contribution is -2.47. The molecule has 1 aromatic rings. The highest BCUT2D eigenvalue weighted by atomic mass is 19.3. The third kappa shape index (κ3) is 4.29. The molecule has 2 rings (SSSR count). The van der Waals surface area contributed by atoms with Gasteiger partial charge in [0.2, 0.25) is 5.91 Å². The Bertz CT molecular complexity index is 543. The van der Waals surface area contributed by atoms with Crippen LogP contribution in [0, 0.1) is 6.92 Å². The summed E-state index contributed by atoms with van der Waals surface area (Å²) >= 11 is 0. The number of nitrogens with zero attached hydrogens (tertiary/aromatic N) is 1. The molecule has 2 heterocycles. The van der Waals surface area contributed by atoms with Crippen LogP contribution in [0.15, 0.2) is 16.7 Å². The molecule has 0 radical (unpaired) electrons. The van der Waals surface area contributed by atoms with Crippen molar-refractivity contribution >= 4 is 11.8 Å². The zero-order chi connectivity index (χ0) is 16.3. The van der Waals surface area contributed by atoms with Crippen molar-refractivity contribution in [3.63, 3.8) is 0 Å². The Kier molecular flexibility index (Phi) is 4.83. The largest absolute Gasteiger partial charge is 0.459 e. The van der Waals surface area contributed by atoms with Crippen LogP contribution in [-0.2, 0) is 4.79 Å². The third-order valence-corrected chi connectivity index (χ3v) is 3.71. The number of aryl methyl sites for hydroxylation is 1. The molecule has 0 aromatic carbocycles. The van der Waals surface area contributed by atoms with E-state index in [2.05, 4.69) is 5.32 Å². The van der Waals surface area contributed by atoms with E-state index >= 15 is 0 Å². The normalized spacial score (nSPS) is 16.6.